The van der Waals surface area contributed by atoms with Gasteiger partial charge < -0.3 is 21.1 Å². The predicted molar refractivity (Wildman–Crippen MR) is 60.5 cm³/mol. The van der Waals surface area contributed by atoms with E-state index in [0.29, 0.717) is 6.54 Å². The van der Waals surface area contributed by atoms with E-state index in [1.165, 1.54) is 0 Å². The van der Waals surface area contributed by atoms with E-state index >= 15 is 0 Å². The van der Waals surface area contributed by atoms with Gasteiger partial charge in [-0.2, -0.15) is 0 Å². The highest BCUT2D eigenvalue weighted by atomic mass is 16.4. The lowest BCUT2D eigenvalue weighted by Crippen LogP contribution is -2.00. The van der Waals surface area contributed by atoms with Gasteiger partial charge in [-0.3, -0.25) is 9.59 Å². The summed E-state index contributed by atoms with van der Waals surface area (Å²) in [7, 11) is 0. The fourth-order valence-corrected chi connectivity index (χ4v) is 0.897. The maximum Gasteiger partial charge on any atom is 0.303 e. The van der Waals surface area contributed by atoms with Crippen molar-refractivity contribution in [1.82, 2.24) is 0 Å². The molecule has 0 aliphatic rings. The van der Waals surface area contributed by atoms with Crippen molar-refractivity contribution >= 4 is 11.9 Å². The molecule has 0 radical (unpaired) electrons. The number of aliphatic carboxylic acids is 2. The van der Waals surface area contributed by atoms with Gasteiger partial charge in [-0.05, 0) is 6.07 Å². The summed E-state index contributed by atoms with van der Waals surface area (Å²) in [5, 5.41) is 24.8. The zero-order valence-corrected chi connectivity index (χ0v) is 9.17. The Balaban J connectivity index is 0.000000304. The number of carbonyl (C=O) groups is 2. The molecule has 1 aromatic carbocycles. The van der Waals surface area contributed by atoms with Crippen LogP contribution in [0.3, 0.4) is 0 Å². The molecule has 0 bridgehead atoms. The van der Waals surface area contributed by atoms with Gasteiger partial charge in [0, 0.05) is 12.1 Å². The van der Waals surface area contributed by atoms with E-state index < -0.39 is 11.9 Å². The van der Waals surface area contributed by atoms with Crippen LogP contribution in [0, 0.1) is 0 Å². The second-order valence-corrected chi connectivity index (χ2v) is 3.12. The highest BCUT2D eigenvalue weighted by Gasteiger charge is 2.00. The molecule has 0 spiro atoms. The average molecular weight is 241 g/mol. The molecule has 6 heteroatoms. The Morgan fingerprint density at radius 2 is 1.53 bits per heavy atom. The van der Waals surface area contributed by atoms with E-state index in [2.05, 4.69) is 0 Å². The summed E-state index contributed by atoms with van der Waals surface area (Å²) in [4.78, 5) is 19.3. The summed E-state index contributed by atoms with van der Waals surface area (Å²) < 4.78 is 0. The van der Waals surface area contributed by atoms with Crippen LogP contribution in [0.4, 0.5) is 0 Å². The van der Waals surface area contributed by atoms with Gasteiger partial charge in [0.2, 0.25) is 0 Å². The van der Waals surface area contributed by atoms with Crippen LogP contribution in [0.5, 0.6) is 5.75 Å². The Morgan fingerprint density at radius 1 is 1.06 bits per heavy atom. The average Bonchev–Trinajstić information content (AvgIpc) is 2.28. The van der Waals surface area contributed by atoms with Crippen LogP contribution in [0.1, 0.15) is 18.4 Å². The number of phenols is 1. The van der Waals surface area contributed by atoms with Crippen LogP contribution in [0.2, 0.25) is 0 Å². The molecule has 0 saturated heterocycles. The van der Waals surface area contributed by atoms with Gasteiger partial charge in [-0.25, -0.2) is 0 Å². The molecule has 0 unspecified atom stereocenters. The summed E-state index contributed by atoms with van der Waals surface area (Å²) in [5.74, 6) is -1.88. The summed E-state index contributed by atoms with van der Waals surface area (Å²) in [6.07, 6.45) is -0.593. The van der Waals surface area contributed by atoms with Gasteiger partial charge >= 0.3 is 11.9 Å². The smallest absolute Gasteiger partial charge is 0.303 e. The number of hydrogen-bond donors (Lipinski definition) is 4. The van der Waals surface area contributed by atoms with Crippen molar-refractivity contribution in [2.24, 2.45) is 5.73 Å². The minimum atomic E-state index is -1.08. The Kier molecular flexibility index (Phi) is 7.12. The molecule has 0 amide bonds. The summed E-state index contributed by atoms with van der Waals surface area (Å²) in [6, 6.07) is 7.05. The highest BCUT2D eigenvalue weighted by molar-refractivity contribution is 5.75. The number of benzene rings is 1. The number of phenolic OH excluding ortho intramolecular Hbond substituents is 1. The van der Waals surface area contributed by atoms with E-state index in [-0.39, 0.29) is 18.6 Å². The first-order chi connectivity index (χ1) is 7.97. The van der Waals surface area contributed by atoms with Gasteiger partial charge in [0.05, 0.1) is 12.8 Å². The molecular weight excluding hydrogens is 226 g/mol. The highest BCUT2D eigenvalue weighted by Crippen LogP contribution is 2.13. The molecule has 0 heterocycles. The van der Waals surface area contributed by atoms with Crippen molar-refractivity contribution < 1.29 is 24.9 Å². The van der Waals surface area contributed by atoms with Crippen LogP contribution in [-0.4, -0.2) is 27.3 Å². The third-order valence-corrected chi connectivity index (χ3v) is 1.76. The lowest BCUT2D eigenvalue weighted by molar-refractivity contribution is -0.143. The van der Waals surface area contributed by atoms with Crippen LogP contribution in [0.25, 0.3) is 0 Å². The van der Waals surface area contributed by atoms with E-state index in [9.17, 15) is 9.59 Å². The number of aromatic hydroxyl groups is 1. The molecule has 0 aliphatic carbocycles. The zero-order chi connectivity index (χ0) is 13.3. The molecular formula is C11H15NO5. The summed E-state index contributed by atoms with van der Waals surface area (Å²) in [5.41, 5.74) is 6.08. The standard InChI is InChI=1S/C7H9NO.C4H6O4/c8-5-6-3-1-2-4-7(6)9;5-3(6)1-2-4(7)8/h1-4,9H,5,8H2;1-2H2,(H,5,6)(H,7,8). The molecule has 6 nitrogen and oxygen atoms in total. The minimum absolute atomic E-state index is 0.278. The normalized spacial score (nSPS) is 9.00. The maximum absolute atomic E-state index is 9.64. The largest absolute Gasteiger partial charge is 0.508 e. The first kappa shape index (κ1) is 14.9. The van der Waals surface area contributed by atoms with Gasteiger partial charge in [0.25, 0.3) is 0 Å². The zero-order valence-electron chi connectivity index (χ0n) is 9.17. The fourth-order valence-electron chi connectivity index (χ4n) is 0.897. The summed E-state index contributed by atoms with van der Waals surface area (Å²) in [6.45, 7) is 0.396. The van der Waals surface area contributed by atoms with Gasteiger partial charge in [-0.15, -0.1) is 0 Å². The van der Waals surface area contributed by atoms with Crippen LogP contribution in [0.15, 0.2) is 24.3 Å². The maximum atomic E-state index is 9.64. The molecule has 0 fully saturated rings. The Hall–Kier alpha value is -2.08. The molecule has 5 N–H and O–H groups in total. The second kappa shape index (κ2) is 8.12. The third-order valence-electron chi connectivity index (χ3n) is 1.76. The van der Waals surface area contributed by atoms with E-state index in [0.717, 1.165) is 5.56 Å². The van der Waals surface area contributed by atoms with Crippen molar-refractivity contribution in [1.29, 1.82) is 0 Å². The number of hydrogen-bond acceptors (Lipinski definition) is 4. The molecule has 0 aromatic heterocycles. The van der Waals surface area contributed by atoms with E-state index in [4.69, 9.17) is 21.1 Å². The van der Waals surface area contributed by atoms with E-state index in [1.54, 1.807) is 18.2 Å². The number of carboxylic acids is 2. The predicted octanol–water partition coefficient (Wildman–Crippen LogP) is 0.787. The third kappa shape index (κ3) is 7.80. The number of carboxylic acid groups (broad SMARTS) is 2. The van der Waals surface area contributed by atoms with Gasteiger partial charge in [0.1, 0.15) is 5.75 Å². The monoisotopic (exact) mass is 241 g/mol. The van der Waals surface area contributed by atoms with Crippen molar-refractivity contribution in [3.63, 3.8) is 0 Å². The molecule has 1 aromatic rings. The van der Waals surface area contributed by atoms with Gasteiger partial charge in [-0.1, -0.05) is 18.2 Å². The molecule has 94 valence electrons. The first-order valence-corrected chi connectivity index (χ1v) is 4.88. The van der Waals surface area contributed by atoms with Crippen molar-refractivity contribution in [3.05, 3.63) is 29.8 Å². The van der Waals surface area contributed by atoms with Crippen LogP contribution < -0.4 is 5.73 Å². The first-order valence-electron chi connectivity index (χ1n) is 4.88. The van der Waals surface area contributed by atoms with Gasteiger partial charge in [0.15, 0.2) is 0 Å². The lowest BCUT2D eigenvalue weighted by Gasteiger charge is -1.97. The Bertz CT molecular complexity index is 364. The van der Waals surface area contributed by atoms with Crippen molar-refractivity contribution in [3.8, 4) is 5.75 Å². The second-order valence-electron chi connectivity index (χ2n) is 3.12. The molecule has 0 aliphatic heterocycles. The Labute approximate surface area is 98.3 Å². The SMILES string of the molecule is NCc1ccccc1O.O=C(O)CCC(=O)O. The Morgan fingerprint density at radius 3 is 1.82 bits per heavy atom. The molecule has 1 rings (SSSR count). The number of rotatable bonds is 4. The van der Waals surface area contributed by atoms with Crippen LogP contribution in [-0.2, 0) is 16.1 Å². The van der Waals surface area contributed by atoms with Crippen LogP contribution >= 0.6 is 0 Å². The lowest BCUT2D eigenvalue weighted by atomic mass is 10.2. The number of para-hydroxylation sites is 1. The van der Waals surface area contributed by atoms with Crippen molar-refractivity contribution in [2.45, 2.75) is 19.4 Å². The minimum Gasteiger partial charge on any atom is -0.508 e. The summed E-state index contributed by atoms with van der Waals surface area (Å²) >= 11 is 0. The molecule has 0 atom stereocenters. The fraction of sp³-hybridized carbons (Fsp3) is 0.273. The van der Waals surface area contributed by atoms with E-state index in [1.807, 2.05) is 6.07 Å². The molecule has 0 saturated carbocycles. The number of nitrogens with two attached hydrogens (primary N) is 1. The van der Waals surface area contributed by atoms with Crippen molar-refractivity contribution in [2.75, 3.05) is 0 Å². The molecule has 17 heavy (non-hydrogen) atoms. The topological polar surface area (TPSA) is 121 Å². The quantitative estimate of drug-likeness (QED) is 0.618.